The number of ether oxygens (including phenoxy) is 3. The third-order valence-electron chi connectivity index (χ3n) is 9.17. The van der Waals surface area contributed by atoms with E-state index in [1.54, 1.807) is 53.4 Å². The number of carboxylic acids is 5. The van der Waals surface area contributed by atoms with E-state index in [4.69, 9.17) is 26.4 Å². The summed E-state index contributed by atoms with van der Waals surface area (Å²) in [6.45, 7) is -0.512. The number of benzene rings is 2. The third-order valence-corrected chi connectivity index (χ3v) is 9.42. The van der Waals surface area contributed by atoms with Gasteiger partial charge in [-0.05, 0) is 68.2 Å². The van der Waals surface area contributed by atoms with E-state index in [0.717, 1.165) is 5.56 Å². The summed E-state index contributed by atoms with van der Waals surface area (Å²) in [6.07, 6.45) is 1.39. The predicted molar refractivity (Wildman–Crippen MR) is 211 cm³/mol. The molecule has 1 fully saturated rings. The molecule has 0 aliphatic heterocycles. The lowest BCUT2D eigenvalue weighted by atomic mass is 9.87. The van der Waals surface area contributed by atoms with E-state index in [1.165, 1.54) is 9.80 Å². The summed E-state index contributed by atoms with van der Waals surface area (Å²) in [4.78, 5) is 75.4. The number of carbonyl (C=O) groups excluding carboxylic acids is 1. The average Bonchev–Trinajstić information content (AvgIpc) is 3.14. The van der Waals surface area contributed by atoms with Crippen molar-refractivity contribution in [1.29, 1.82) is 0 Å². The monoisotopic (exact) mass is 833 g/mol. The SMILES string of the molecule is Cc1ccc(OC(=O)OCCOCCNC(=S)Nc2ccc(C[C@@H](CN(CC(=O)O)[C@@H]3CCCC[C@H]3N(CC(=O)O)CC(=O)O)N(CC(=O)O)CC(=O)O)cc2)cc1. The zero-order valence-corrected chi connectivity index (χ0v) is 32.9. The number of carbonyl (C=O) groups is 6. The van der Waals surface area contributed by atoms with Crippen LogP contribution in [0.5, 0.6) is 5.75 Å². The largest absolute Gasteiger partial charge is 0.513 e. The molecular weight excluding hydrogens is 783 g/mol. The minimum atomic E-state index is -1.29. The van der Waals surface area contributed by atoms with E-state index < -0.39 is 86.9 Å². The Labute approximate surface area is 340 Å². The lowest BCUT2D eigenvalue weighted by Crippen LogP contribution is -2.59. The maximum absolute atomic E-state index is 12.2. The van der Waals surface area contributed by atoms with Crippen molar-refractivity contribution >= 4 is 59.0 Å². The Kier molecular flexibility index (Phi) is 19.7. The molecule has 58 heavy (non-hydrogen) atoms. The van der Waals surface area contributed by atoms with Crippen LogP contribution in [0, 0.1) is 6.92 Å². The number of rotatable bonds is 25. The molecule has 0 aromatic heterocycles. The first-order valence-electron chi connectivity index (χ1n) is 18.5. The number of nitrogens with one attached hydrogen (secondary N) is 2. The van der Waals surface area contributed by atoms with Gasteiger partial charge in [0.1, 0.15) is 12.4 Å². The molecular formula is C38H51N5O14S. The molecule has 2 aromatic rings. The van der Waals surface area contributed by atoms with E-state index in [1.807, 2.05) is 6.92 Å². The second-order valence-electron chi connectivity index (χ2n) is 13.7. The van der Waals surface area contributed by atoms with Gasteiger partial charge in [0.25, 0.3) is 0 Å². The van der Waals surface area contributed by atoms with Gasteiger partial charge in [-0.1, -0.05) is 42.7 Å². The molecule has 0 amide bonds. The molecule has 7 N–H and O–H groups in total. The standard InChI is InChI=1S/C38H51N5O14S/c1-25-6-12-29(13-7-25)57-38(54)56-17-16-55-15-14-39-37(58)40-27-10-8-26(9-11-27)18-28(41(20-32(44)45)21-33(46)47)19-42(22-34(48)49)30-4-2-3-5-31(30)43(23-35(50)51)24-36(52)53/h6-13,28,30-31H,2-5,14-24H2,1H3,(H,44,45)(H,46,47)(H,48,49)(H,50,51)(H,52,53)(H2,39,40,58)/t28-,30+,31+/m0/s1. The molecule has 0 heterocycles. The van der Waals surface area contributed by atoms with Crippen molar-refractivity contribution in [1.82, 2.24) is 20.0 Å². The third kappa shape index (κ3) is 17.8. The van der Waals surface area contributed by atoms with Gasteiger partial charge >= 0.3 is 36.0 Å². The Morgan fingerprint density at radius 1 is 0.724 bits per heavy atom. The second-order valence-corrected chi connectivity index (χ2v) is 14.1. The molecule has 0 saturated heterocycles. The van der Waals surface area contributed by atoms with Crippen LogP contribution in [-0.2, 0) is 39.9 Å². The normalized spacial score (nSPS) is 15.7. The quantitative estimate of drug-likeness (QED) is 0.0327. The summed E-state index contributed by atoms with van der Waals surface area (Å²) in [5.41, 5.74) is 2.29. The highest BCUT2D eigenvalue weighted by molar-refractivity contribution is 7.80. The number of aryl methyl sites for hydroxylation is 1. The highest BCUT2D eigenvalue weighted by Crippen LogP contribution is 2.29. The Morgan fingerprint density at radius 2 is 1.26 bits per heavy atom. The molecule has 0 radical (unpaired) electrons. The molecule has 2 aromatic carbocycles. The lowest BCUT2D eigenvalue weighted by molar-refractivity contribution is -0.146. The van der Waals surface area contributed by atoms with E-state index in [2.05, 4.69) is 10.6 Å². The van der Waals surface area contributed by atoms with Gasteiger partial charge in [-0.3, -0.25) is 38.7 Å². The molecule has 318 valence electrons. The molecule has 1 aliphatic rings. The summed E-state index contributed by atoms with van der Waals surface area (Å²) in [6, 6.07) is 11.7. The van der Waals surface area contributed by atoms with Crippen molar-refractivity contribution in [3.63, 3.8) is 0 Å². The van der Waals surface area contributed by atoms with Crippen LogP contribution in [0.4, 0.5) is 10.5 Å². The van der Waals surface area contributed by atoms with Gasteiger partial charge in [-0.25, -0.2) is 4.79 Å². The van der Waals surface area contributed by atoms with Crippen LogP contribution in [0.1, 0.15) is 36.8 Å². The van der Waals surface area contributed by atoms with Crippen molar-refractivity contribution in [2.24, 2.45) is 0 Å². The highest BCUT2D eigenvalue weighted by atomic mass is 32.1. The Morgan fingerprint density at radius 3 is 1.81 bits per heavy atom. The van der Waals surface area contributed by atoms with Crippen molar-refractivity contribution in [2.75, 3.05) is 71.0 Å². The number of nitrogens with zero attached hydrogens (tertiary/aromatic N) is 3. The summed E-state index contributed by atoms with van der Waals surface area (Å²) in [5.74, 6) is -5.93. The summed E-state index contributed by atoms with van der Waals surface area (Å²) < 4.78 is 15.5. The van der Waals surface area contributed by atoms with Crippen LogP contribution in [0.3, 0.4) is 0 Å². The smallest absolute Gasteiger partial charge is 0.480 e. The minimum Gasteiger partial charge on any atom is -0.480 e. The Bertz CT molecular complexity index is 1660. The minimum absolute atomic E-state index is 0.0121. The maximum atomic E-state index is 12.2. The van der Waals surface area contributed by atoms with E-state index in [0.29, 0.717) is 49.2 Å². The fourth-order valence-electron chi connectivity index (χ4n) is 6.74. The van der Waals surface area contributed by atoms with Gasteiger partial charge in [0.15, 0.2) is 5.11 Å². The van der Waals surface area contributed by atoms with Crippen LogP contribution in [-0.4, -0.2) is 165 Å². The number of thiocarbonyl (C=S) groups is 1. The average molecular weight is 834 g/mol. The Hall–Kier alpha value is -5.41. The van der Waals surface area contributed by atoms with Crippen LogP contribution in [0.15, 0.2) is 48.5 Å². The van der Waals surface area contributed by atoms with E-state index in [9.17, 15) is 54.3 Å². The second kappa shape index (κ2) is 24.4. The molecule has 0 bridgehead atoms. The van der Waals surface area contributed by atoms with Crippen molar-refractivity contribution < 1.29 is 68.5 Å². The molecule has 1 aliphatic carbocycles. The van der Waals surface area contributed by atoms with Gasteiger partial charge in [0.05, 0.1) is 45.9 Å². The zero-order chi connectivity index (χ0) is 42.6. The summed E-state index contributed by atoms with van der Waals surface area (Å²) in [7, 11) is 0. The fraction of sp³-hybridized carbons (Fsp3) is 0.500. The highest BCUT2D eigenvalue weighted by Gasteiger charge is 2.38. The van der Waals surface area contributed by atoms with Gasteiger partial charge in [0, 0.05) is 36.9 Å². The number of carboxylic acid groups (broad SMARTS) is 5. The van der Waals surface area contributed by atoms with Gasteiger partial charge in [-0.15, -0.1) is 0 Å². The first-order chi connectivity index (χ1) is 27.6. The predicted octanol–water partition coefficient (Wildman–Crippen LogP) is 2.06. The Balaban J connectivity index is 1.64. The number of anilines is 1. The van der Waals surface area contributed by atoms with E-state index >= 15 is 0 Å². The molecule has 3 atom stereocenters. The number of hydrogen-bond acceptors (Lipinski definition) is 13. The van der Waals surface area contributed by atoms with Gasteiger partial charge in [0.2, 0.25) is 0 Å². The number of hydrogen-bond donors (Lipinski definition) is 7. The molecule has 3 rings (SSSR count). The molecule has 1 saturated carbocycles. The summed E-state index contributed by atoms with van der Waals surface area (Å²) >= 11 is 5.37. The topological polar surface area (TPSA) is 265 Å². The maximum Gasteiger partial charge on any atom is 0.513 e. The first kappa shape index (κ1) is 47.0. The van der Waals surface area contributed by atoms with Crippen LogP contribution in [0.25, 0.3) is 0 Å². The van der Waals surface area contributed by atoms with Gasteiger partial charge in [-0.2, -0.15) is 0 Å². The molecule has 0 unspecified atom stereocenters. The van der Waals surface area contributed by atoms with Crippen LogP contribution >= 0.6 is 12.2 Å². The lowest BCUT2D eigenvalue weighted by Gasteiger charge is -2.45. The van der Waals surface area contributed by atoms with Crippen LogP contribution < -0.4 is 15.4 Å². The molecule has 0 spiro atoms. The summed E-state index contributed by atoms with van der Waals surface area (Å²) in [5, 5.41) is 54.8. The molecule has 20 heteroatoms. The number of aliphatic carboxylic acids is 5. The zero-order valence-electron chi connectivity index (χ0n) is 32.1. The van der Waals surface area contributed by atoms with Gasteiger partial charge < -0.3 is 50.4 Å². The van der Waals surface area contributed by atoms with Crippen molar-refractivity contribution in [2.45, 2.75) is 57.2 Å². The van der Waals surface area contributed by atoms with Crippen molar-refractivity contribution in [3.05, 3.63) is 59.7 Å². The first-order valence-corrected chi connectivity index (χ1v) is 18.9. The fourth-order valence-corrected chi connectivity index (χ4v) is 6.96. The van der Waals surface area contributed by atoms with E-state index in [-0.39, 0.29) is 37.9 Å². The van der Waals surface area contributed by atoms with Crippen molar-refractivity contribution in [3.8, 4) is 5.75 Å². The van der Waals surface area contributed by atoms with Crippen LogP contribution in [0.2, 0.25) is 0 Å². The molecule has 19 nitrogen and oxygen atoms in total.